The second kappa shape index (κ2) is 11.9. The van der Waals surface area contributed by atoms with E-state index in [1.54, 1.807) is 12.1 Å². The zero-order valence-electron chi connectivity index (χ0n) is 20.5. The number of carbonyl (C=O) groups is 2. The molecule has 2 saturated heterocycles. The van der Waals surface area contributed by atoms with E-state index in [1.807, 2.05) is 48.3 Å². The van der Waals surface area contributed by atoms with Gasteiger partial charge < -0.3 is 0 Å². The number of piperidine rings is 1. The fourth-order valence-electron chi connectivity index (χ4n) is 5.07. The Kier molecular flexibility index (Phi) is 8.90. The molecular formula is C26H35AsClN5O2. The van der Waals surface area contributed by atoms with Crippen molar-refractivity contribution in [1.82, 2.24) is 20.2 Å². The molecule has 3 N–H and O–H groups in total. The first-order chi connectivity index (χ1) is 16.8. The number of nitrogens with one attached hydrogen (secondary N) is 1. The van der Waals surface area contributed by atoms with E-state index in [1.165, 1.54) is 12.8 Å². The van der Waals surface area contributed by atoms with Crippen molar-refractivity contribution in [3.05, 3.63) is 64.7 Å². The SMILES string of the molecule is Cc1ccccc1C(C(=O)NN1CCN(C2CCN(C)CC2)CC1)[As](C(N)=O)c1ccc(Cl)cc1. The standard InChI is InChI=1S/C26H35AsClN5O2/c1-19-5-3-4-6-23(19)24(27(26(29)35)20-7-9-21(28)10-8-20)25(34)30-33-17-15-32(16-18-33)22-11-13-31(2)14-12-22/h3-10,22,24H,11-18H2,1-2H3,(H2,29,35)(H,30,34). The number of hydrogen-bond acceptors (Lipinski definition) is 5. The maximum absolute atomic E-state index is 13.8. The van der Waals surface area contributed by atoms with E-state index >= 15 is 0 Å². The summed E-state index contributed by atoms with van der Waals surface area (Å²) in [7, 11) is 2.18. The van der Waals surface area contributed by atoms with Crippen LogP contribution in [-0.4, -0.2) is 92.4 Å². The van der Waals surface area contributed by atoms with Crippen LogP contribution in [0, 0.1) is 6.92 Å². The van der Waals surface area contributed by atoms with Crippen LogP contribution in [0.25, 0.3) is 0 Å². The molecule has 2 amide bonds. The number of hydrogen-bond donors (Lipinski definition) is 2. The molecule has 0 radical (unpaired) electrons. The fourth-order valence-corrected chi connectivity index (χ4v) is 9.68. The summed E-state index contributed by atoms with van der Waals surface area (Å²) in [5.74, 6) is -0.152. The number of halogens is 1. The third-order valence-electron chi connectivity index (χ3n) is 7.12. The van der Waals surface area contributed by atoms with Gasteiger partial charge in [-0.05, 0) is 0 Å². The average Bonchev–Trinajstić information content (AvgIpc) is 2.85. The second-order valence-corrected chi connectivity index (χ2v) is 14.6. The van der Waals surface area contributed by atoms with Gasteiger partial charge in [-0.1, -0.05) is 0 Å². The van der Waals surface area contributed by atoms with Crippen molar-refractivity contribution in [2.45, 2.75) is 30.5 Å². The van der Waals surface area contributed by atoms with Crippen LogP contribution in [0.15, 0.2) is 48.5 Å². The molecule has 0 aromatic heterocycles. The first kappa shape index (κ1) is 26.2. The molecule has 2 atom stereocenters. The summed E-state index contributed by atoms with van der Waals surface area (Å²) < 4.78 is -0.172. The van der Waals surface area contributed by atoms with Crippen LogP contribution in [-0.2, 0) is 4.79 Å². The number of primary amides is 1. The van der Waals surface area contributed by atoms with Gasteiger partial charge in [-0.15, -0.1) is 0 Å². The number of nitrogens with zero attached hydrogens (tertiary/aromatic N) is 3. The fraction of sp³-hybridized carbons (Fsp3) is 0.462. The third-order valence-corrected chi connectivity index (χ3v) is 12.3. The molecule has 188 valence electrons. The predicted octanol–water partition coefficient (Wildman–Crippen LogP) is 2.08. The minimum atomic E-state index is -2.69. The third kappa shape index (κ3) is 6.46. The van der Waals surface area contributed by atoms with Crippen LogP contribution in [0.4, 0.5) is 4.79 Å². The number of aryl methyl sites for hydroxylation is 1. The van der Waals surface area contributed by atoms with Crippen molar-refractivity contribution in [3.63, 3.8) is 0 Å². The molecule has 0 bridgehead atoms. The molecule has 0 saturated carbocycles. The molecule has 2 fully saturated rings. The number of piperazine rings is 1. The summed E-state index contributed by atoms with van der Waals surface area (Å²) >= 11 is 3.40. The Labute approximate surface area is 217 Å². The molecule has 0 aliphatic carbocycles. The number of rotatable bonds is 7. The normalized spacial score (nSPS) is 20.3. The second-order valence-electron chi connectivity index (χ2n) is 9.48. The van der Waals surface area contributed by atoms with E-state index in [0.717, 1.165) is 54.7 Å². The van der Waals surface area contributed by atoms with Gasteiger partial charge in [-0.2, -0.15) is 0 Å². The summed E-state index contributed by atoms with van der Waals surface area (Å²) in [5, 5.41) is 2.60. The van der Waals surface area contributed by atoms with Crippen LogP contribution in [0.3, 0.4) is 0 Å². The van der Waals surface area contributed by atoms with Crippen molar-refractivity contribution in [1.29, 1.82) is 0 Å². The molecule has 0 spiro atoms. The summed E-state index contributed by atoms with van der Waals surface area (Å²) in [6.45, 7) is 7.65. The maximum atomic E-state index is 13.8. The summed E-state index contributed by atoms with van der Waals surface area (Å²) in [4.78, 5) is 31.5. The first-order valence-corrected chi connectivity index (χ1v) is 15.5. The summed E-state index contributed by atoms with van der Waals surface area (Å²) in [5.41, 5.74) is 11.0. The number of carbonyl (C=O) groups excluding carboxylic acids is 2. The van der Waals surface area contributed by atoms with E-state index in [-0.39, 0.29) is 5.91 Å². The van der Waals surface area contributed by atoms with Crippen molar-refractivity contribution in [3.8, 4) is 0 Å². The number of benzene rings is 2. The first-order valence-electron chi connectivity index (χ1n) is 12.2. The molecule has 2 aliphatic rings. The number of amides is 2. The Hall–Kier alpha value is -1.89. The van der Waals surface area contributed by atoms with Crippen molar-refractivity contribution in [2.24, 2.45) is 5.73 Å². The zero-order valence-corrected chi connectivity index (χ0v) is 23.1. The van der Waals surface area contributed by atoms with Gasteiger partial charge in [0.15, 0.2) is 0 Å². The molecular weight excluding hydrogens is 525 g/mol. The topological polar surface area (TPSA) is 81.9 Å². The van der Waals surface area contributed by atoms with Gasteiger partial charge in [0.2, 0.25) is 0 Å². The van der Waals surface area contributed by atoms with Crippen LogP contribution >= 0.6 is 11.6 Å². The number of likely N-dealkylation sites (tertiary alicyclic amines) is 1. The predicted molar refractivity (Wildman–Crippen MR) is 142 cm³/mol. The Balaban J connectivity index is 1.51. The molecule has 35 heavy (non-hydrogen) atoms. The Bertz CT molecular complexity index is 1020. The van der Waals surface area contributed by atoms with E-state index in [9.17, 15) is 9.59 Å². The van der Waals surface area contributed by atoms with E-state index < -0.39 is 24.1 Å². The van der Waals surface area contributed by atoms with Gasteiger partial charge in [0, 0.05) is 0 Å². The summed E-state index contributed by atoms with van der Waals surface area (Å²) in [6, 6.07) is 15.6. The molecule has 2 unspecified atom stereocenters. The van der Waals surface area contributed by atoms with Gasteiger partial charge in [-0.25, -0.2) is 0 Å². The van der Waals surface area contributed by atoms with E-state index in [4.69, 9.17) is 17.3 Å². The van der Waals surface area contributed by atoms with Crippen LogP contribution in [0.5, 0.6) is 0 Å². The van der Waals surface area contributed by atoms with Crippen LogP contribution in [0.1, 0.15) is 28.7 Å². The van der Waals surface area contributed by atoms with Gasteiger partial charge in [0.05, 0.1) is 0 Å². The Morgan fingerprint density at radius 1 is 1.00 bits per heavy atom. The zero-order chi connectivity index (χ0) is 24.9. The molecule has 7 nitrogen and oxygen atoms in total. The monoisotopic (exact) mass is 559 g/mol. The van der Waals surface area contributed by atoms with E-state index in [2.05, 4.69) is 22.3 Å². The van der Waals surface area contributed by atoms with E-state index in [0.29, 0.717) is 11.1 Å². The number of hydrazine groups is 1. The molecule has 9 heteroatoms. The van der Waals surface area contributed by atoms with Crippen LogP contribution < -0.4 is 15.5 Å². The minimum absolute atomic E-state index is 0.152. The molecule has 2 aliphatic heterocycles. The van der Waals surface area contributed by atoms with Crippen molar-refractivity contribution < 1.29 is 9.59 Å². The molecule has 2 heterocycles. The van der Waals surface area contributed by atoms with Gasteiger partial charge >= 0.3 is 218 Å². The molecule has 4 rings (SSSR count). The quantitative estimate of drug-likeness (QED) is 0.508. The summed E-state index contributed by atoms with van der Waals surface area (Å²) in [6.07, 6.45) is 2.40. The molecule has 2 aromatic carbocycles. The van der Waals surface area contributed by atoms with Gasteiger partial charge in [-0.3, -0.25) is 0 Å². The molecule has 2 aromatic rings. The number of nitrogens with two attached hydrogens (primary N) is 1. The van der Waals surface area contributed by atoms with Crippen molar-refractivity contribution >= 4 is 41.2 Å². The average molecular weight is 560 g/mol. The Morgan fingerprint density at radius 2 is 1.63 bits per heavy atom. The van der Waals surface area contributed by atoms with Crippen molar-refractivity contribution in [2.75, 3.05) is 46.3 Å². The van der Waals surface area contributed by atoms with Gasteiger partial charge in [0.25, 0.3) is 0 Å². The van der Waals surface area contributed by atoms with Gasteiger partial charge in [0.1, 0.15) is 0 Å². The Morgan fingerprint density at radius 3 is 2.23 bits per heavy atom. The van der Waals surface area contributed by atoms with Crippen LogP contribution in [0.2, 0.25) is 5.02 Å².